The molecule has 154 valence electrons. The van der Waals surface area contributed by atoms with Crippen LogP contribution in [0.3, 0.4) is 0 Å². The Morgan fingerprint density at radius 1 is 1.24 bits per heavy atom. The second-order valence-electron chi connectivity index (χ2n) is 6.35. The summed E-state index contributed by atoms with van der Waals surface area (Å²) in [5.41, 5.74) is 2.72. The van der Waals surface area contributed by atoms with Crippen LogP contribution < -0.4 is 10.2 Å². The molecule has 3 rings (SSSR count). The van der Waals surface area contributed by atoms with E-state index in [9.17, 15) is 23.6 Å². The van der Waals surface area contributed by atoms with E-state index in [0.29, 0.717) is 24.4 Å². The van der Waals surface area contributed by atoms with Gasteiger partial charge >= 0.3 is 0 Å². The normalized spacial score (nSPS) is 14.9. The van der Waals surface area contributed by atoms with Crippen molar-refractivity contribution in [3.05, 3.63) is 52.1 Å². The van der Waals surface area contributed by atoms with Crippen LogP contribution in [0.15, 0.2) is 46.4 Å². The Hall–Kier alpha value is -3.18. The van der Waals surface area contributed by atoms with Gasteiger partial charge in [0, 0.05) is 19.2 Å². The van der Waals surface area contributed by atoms with Crippen LogP contribution in [-0.4, -0.2) is 49.2 Å². The third-order valence-electron chi connectivity index (χ3n) is 4.47. The lowest BCUT2D eigenvalue weighted by atomic mass is 10.2. The fourth-order valence-electron chi connectivity index (χ4n) is 2.96. The number of anilines is 1. The molecule has 11 heteroatoms. The van der Waals surface area contributed by atoms with Crippen molar-refractivity contribution < 1.29 is 23.2 Å². The first-order chi connectivity index (χ1) is 13.8. The van der Waals surface area contributed by atoms with E-state index < -0.39 is 20.6 Å². The van der Waals surface area contributed by atoms with Gasteiger partial charge in [0.15, 0.2) is 11.5 Å². The second kappa shape index (κ2) is 8.45. The van der Waals surface area contributed by atoms with Crippen LogP contribution >= 0.6 is 0 Å². The lowest BCUT2D eigenvalue weighted by Crippen LogP contribution is -2.27. The van der Waals surface area contributed by atoms with E-state index >= 15 is 0 Å². The van der Waals surface area contributed by atoms with E-state index in [1.165, 1.54) is 35.8 Å². The number of nitrogens with one attached hydrogen (secondary N) is 1. The largest absolute Gasteiger partial charge is 0.504 e. The molecule has 10 nitrogen and oxygen atoms in total. The fraction of sp³-hybridized carbons (Fsp3) is 0.278. The minimum Gasteiger partial charge on any atom is -0.504 e. The predicted octanol–water partition coefficient (Wildman–Crippen LogP) is 2.54. The van der Waals surface area contributed by atoms with Crippen molar-refractivity contribution in [2.24, 2.45) is 5.10 Å². The van der Waals surface area contributed by atoms with E-state index in [2.05, 4.69) is 10.5 Å². The van der Waals surface area contributed by atoms with Gasteiger partial charge in [0.1, 0.15) is 5.69 Å². The fourth-order valence-corrected chi connectivity index (χ4v) is 4.50. The highest BCUT2D eigenvalue weighted by molar-refractivity contribution is 7.89. The quantitative estimate of drug-likeness (QED) is 0.399. The molecule has 2 N–H and O–H groups in total. The van der Waals surface area contributed by atoms with Crippen LogP contribution in [0.5, 0.6) is 11.5 Å². The summed E-state index contributed by atoms with van der Waals surface area (Å²) >= 11 is 0. The van der Waals surface area contributed by atoms with Gasteiger partial charge in [-0.25, -0.2) is 8.42 Å². The van der Waals surface area contributed by atoms with Gasteiger partial charge in [-0.3, -0.25) is 15.5 Å². The number of hydrogen-bond acceptors (Lipinski definition) is 8. The average molecular weight is 420 g/mol. The number of aromatic hydroxyl groups is 1. The van der Waals surface area contributed by atoms with Gasteiger partial charge in [0.2, 0.25) is 10.0 Å². The molecule has 0 unspecified atom stereocenters. The summed E-state index contributed by atoms with van der Waals surface area (Å²) in [6.45, 7) is 0.824. The second-order valence-corrected chi connectivity index (χ2v) is 8.29. The number of nitrogens with zero attached hydrogens (tertiary/aromatic N) is 3. The molecule has 29 heavy (non-hydrogen) atoms. The van der Waals surface area contributed by atoms with E-state index in [1.54, 1.807) is 12.1 Å². The van der Waals surface area contributed by atoms with E-state index in [-0.39, 0.29) is 16.3 Å². The van der Waals surface area contributed by atoms with Crippen LogP contribution in [0, 0.1) is 10.1 Å². The summed E-state index contributed by atoms with van der Waals surface area (Å²) in [6.07, 6.45) is 2.91. The molecule has 1 aliphatic rings. The standard InChI is InChI=1S/C18H20N4O6S/c1-28-18-7-4-13(10-17(18)23)12-19-20-15-6-5-14(11-16(15)22(24)25)29(26,27)21-8-2-3-9-21/h4-7,10-12,20,23H,2-3,8-9H2,1H3/b19-12+. The number of hydrazone groups is 1. The number of phenols is 1. The van der Waals surface area contributed by atoms with Gasteiger partial charge in [-0.2, -0.15) is 9.41 Å². The molecule has 2 aromatic rings. The molecular weight excluding hydrogens is 400 g/mol. The molecule has 1 fully saturated rings. The summed E-state index contributed by atoms with van der Waals surface area (Å²) in [5.74, 6) is 0.236. The number of rotatable bonds is 7. The molecule has 1 heterocycles. The van der Waals surface area contributed by atoms with Crippen LogP contribution in [0.25, 0.3) is 0 Å². The zero-order valence-corrected chi connectivity index (χ0v) is 16.4. The van der Waals surface area contributed by atoms with Crippen molar-refractivity contribution in [1.82, 2.24) is 4.31 Å². The highest BCUT2D eigenvalue weighted by Gasteiger charge is 2.29. The molecule has 0 aliphatic carbocycles. The molecular formula is C18H20N4O6S. The number of benzene rings is 2. The van der Waals surface area contributed by atoms with Crippen molar-refractivity contribution in [1.29, 1.82) is 0 Å². The van der Waals surface area contributed by atoms with E-state index in [0.717, 1.165) is 18.9 Å². The van der Waals surface area contributed by atoms with Gasteiger partial charge < -0.3 is 9.84 Å². The van der Waals surface area contributed by atoms with Crippen LogP contribution in [-0.2, 0) is 10.0 Å². The zero-order chi connectivity index (χ0) is 21.0. The van der Waals surface area contributed by atoms with Gasteiger partial charge in [0.25, 0.3) is 5.69 Å². The third kappa shape index (κ3) is 4.46. The molecule has 2 aromatic carbocycles. The van der Waals surface area contributed by atoms with Crippen molar-refractivity contribution in [2.45, 2.75) is 17.7 Å². The monoisotopic (exact) mass is 420 g/mol. The Morgan fingerprint density at radius 2 is 1.97 bits per heavy atom. The summed E-state index contributed by atoms with van der Waals surface area (Å²) in [6, 6.07) is 8.28. The van der Waals surface area contributed by atoms with Crippen LogP contribution in [0.1, 0.15) is 18.4 Å². The maximum Gasteiger partial charge on any atom is 0.295 e. The van der Waals surface area contributed by atoms with E-state index in [1.807, 2.05) is 0 Å². The number of nitro benzene ring substituents is 1. The number of methoxy groups -OCH3 is 1. The van der Waals surface area contributed by atoms with Gasteiger partial charge in [0.05, 0.1) is 23.1 Å². The summed E-state index contributed by atoms with van der Waals surface area (Å²) in [5, 5.41) is 25.1. The lowest BCUT2D eigenvalue weighted by molar-refractivity contribution is -0.384. The minimum atomic E-state index is -3.76. The Bertz CT molecular complexity index is 1050. The van der Waals surface area contributed by atoms with Gasteiger partial charge in [-0.1, -0.05) is 0 Å². The van der Waals surface area contributed by atoms with Crippen molar-refractivity contribution >= 4 is 27.6 Å². The number of sulfonamides is 1. The molecule has 0 spiro atoms. The SMILES string of the molecule is COc1ccc(/C=N/Nc2ccc(S(=O)(=O)N3CCCC3)cc2[N+](=O)[O-])cc1O. The molecule has 0 saturated carbocycles. The van der Waals surface area contributed by atoms with Crippen molar-refractivity contribution in [3.8, 4) is 11.5 Å². The highest BCUT2D eigenvalue weighted by Crippen LogP contribution is 2.30. The molecule has 0 atom stereocenters. The van der Waals surface area contributed by atoms with Gasteiger partial charge in [-0.15, -0.1) is 0 Å². The Kier molecular flexibility index (Phi) is 5.99. The van der Waals surface area contributed by atoms with Crippen molar-refractivity contribution in [2.75, 3.05) is 25.6 Å². The van der Waals surface area contributed by atoms with Gasteiger partial charge in [-0.05, 0) is 48.7 Å². The predicted molar refractivity (Wildman–Crippen MR) is 107 cm³/mol. The zero-order valence-electron chi connectivity index (χ0n) is 15.6. The molecule has 1 saturated heterocycles. The molecule has 0 aromatic heterocycles. The highest BCUT2D eigenvalue weighted by atomic mass is 32.2. The number of hydrogen-bond donors (Lipinski definition) is 2. The summed E-state index contributed by atoms with van der Waals surface area (Å²) < 4.78 is 31.5. The average Bonchev–Trinajstić information content (AvgIpc) is 3.24. The summed E-state index contributed by atoms with van der Waals surface area (Å²) in [4.78, 5) is 10.6. The van der Waals surface area contributed by atoms with Crippen LogP contribution in [0.4, 0.5) is 11.4 Å². The lowest BCUT2D eigenvalue weighted by Gasteiger charge is -2.15. The third-order valence-corrected chi connectivity index (χ3v) is 6.36. The molecule has 0 amide bonds. The Labute approximate surface area is 167 Å². The molecule has 1 aliphatic heterocycles. The van der Waals surface area contributed by atoms with Crippen molar-refractivity contribution in [3.63, 3.8) is 0 Å². The van der Waals surface area contributed by atoms with Crippen LogP contribution in [0.2, 0.25) is 0 Å². The number of ether oxygens (including phenoxy) is 1. The molecule has 0 radical (unpaired) electrons. The maximum atomic E-state index is 12.6. The Morgan fingerprint density at radius 3 is 2.59 bits per heavy atom. The maximum absolute atomic E-state index is 12.6. The van der Waals surface area contributed by atoms with E-state index in [4.69, 9.17) is 4.74 Å². The first-order valence-electron chi connectivity index (χ1n) is 8.77. The topological polar surface area (TPSA) is 134 Å². The molecule has 0 bridgehead atoms. The minimum absolute atomic E-state index is 0.0457. The Balaban J connectivity index is 1.82. The first-order valence-corrected chi connectivity index (χ1v) is 10.2. The first kappa shape index (κ1) is 20.6. The number of nitro groups is 1. The summed E-state index contributed by atoms with van der Waals surface area (Å²) in [7, 11) is -2.34. The smallest absolute Gasteiger partial charge is 0.295 e. The number of phenolic OH excluding ortho intramolecular Hbond substituents is 1.